The van der Waals surface area contributed by atoms with Gasteiger partial charge in [0.15, 0.2) is 17.3 Å². The Morgan fingerprint density at radius 2 is 1.64 bits per heavy atom. The molecule has 0 spiro atoms. The van der Waals surface area contributed by atoms with Crippen molar-refractivity contribution in [2.75, 3.05) is 20.0 Å². The molecule has 2 heterocycles. The molecule has 5 rings (SSSR count). The van der Waals surface area contributed by atoms with Gasteiger partial charge in [0.1, 0.15) is 12.0 Å². The lowest BCUT2D eigenvalue weighted by Gasteiger charge is -2.13. The van der Waals surface area contributed by atoms with E-state index in [9.17, 15) is 0 Å². The van der Waals surface area contributed by atoms with Gasteiger partial charge in [-0.05, 0) is 41.0 Å². The van der Waals surface area contributed by atoms with E-state index >= 15 is 0 Å². The number of nitrogen functional groups attached to an aromatic ring is 1. The van der Waals surface area contributed by atoms with Crippen LogP contribution in [-0.2, 0) is 15.9 Å². The minimum atomic E-state index is -0.428. The van der Waals surface area contributed by atoms with E-state index in [1.54, 1.807) is 20.5 Å². The zero-order valence-corrected chi connectivity index (χ0v) is 18.3. The summed E-state index contributed by atoms with van der Waals surface area (Å²) in [5.41, 5.74) is 10.4. The van der Waals surface area contributed by atoms with Gasteiger partial charge in [0.2, 0.25) is 12.2 Å². The molecule has 33 heavy (non-hydrogen) atoms. The summed E-state index contributed by atoms with van der Waals surface area (Å²) in [5, 5.41) is 0.812. The standard InChI is InChI=1S/C26H23N3O4/c1-30-21-11-9-18(14-22(21)31-2)17-8-10-20-19(13-17)25(29-26(27)28-20)23-15-32-24(33-23)12-16-6-4-3-5-7-16/h3-11,13-15,24H,12H2,1-2H3,(H2,27,28,29). The van der Waals surface area contributed by atoms with Crippen LogP contribution in [0.2, 0.25) is 0 Å². The predicted octanol–water partition coefficient (Wildman–Crippen LogP) is 4.81. The minimum Gasteiger partial charge on any atom is -0.493 e. The van der Waals surface area contributed by atoms with Crippen molar-refractivity contribution >= 4 is 22.6 Å². The van der Waals surface area contributed by atoms with Gasteiger partial charge in [0, 0.05) is 11.8 Å². The first kappa shape index (κ1) is 20.6. The number of anilines is 1. The molecule has 0 saturated carbocycles. The molecule has 1 aromatic heterocycles. The Morgan fingerprint density at radius 1 is 0.879 bits per heavy atom. The quantitative estimate of drug-likeness (QED) is 0.459. The average molecular weight is 441 g/mol. The van der Waals surface area contributed by atoms with E-state index in [2.05, 4.69) is 9.97 Å². The van der Waals surface area contributed by atoms with Gasteiger partial charge in [-0.1, -0.05) is 42.5 Å². The van der Waals surface area contributed by atoms with Crippen molar-refractivity contribution in [2.24, 2.45) is 0 Å². The second-order valence-electron chi connectivity index (χ2n) is 7.59. The highest BCUT2D eigenvalue weighted by Crippen LogP contribution is 2.35. The minimum absolute atomic E-state index is 0.173. The van der Waals surface area contributed by atoms with E-state index < -0.39 is 6.29 Å². The highest BCUT2D eigenvalue weighted by atomic mass is 16.7. The van der Waals surface area contributed by atoms with Gasteiger partial charge in [-0.15, -0.1) is 0 Å². The van der Waals surface area contributed by atoms with Crippen LogP contribution in [0.3, 0.4) is 0 Å². The maximum absolute atomic E-state index is 6.08. The Labute approximate surface area is 191 Å². The van der Waals surface area contributed by atoms with Crippen LogP contribution in [-0.4, -0.2) is 30.5 Å². The second kappa shape index (κ2) is 8.70. The van der Waals surface area contributed by atoms with Gasteiger partial charge in [-0.25, -0.2) is 9.97 Å². The van der Waals surface area contributed by atoms with Crippen LogP contribution in [0.5, 0.6) is 11.5 Å². The van der Waals surface area contributed by atoms with Crippen molar-refractivity contribution < 1.29 is 18.9 Å². The highest BCUT2D eigenvalue weighted by molar-refractivity contribution is 5.92. The molecule has 2 N–H and O–H groups in total. The predicted molar refractivity (Wildman–Crippen MR) is 127 cm³/mol. The monoisotopic (exact) mass is 441 g/mol. The van der Waals surface area contributed by atoms with Gasteiger partial charge >= 0.3 is 0 Å². The number of fused-ring (bicyclic) bond motifs is 1. The van der Waals surface area contributed by atoms with E-state index in [1.165, 1.54) is 0 Å². The molecule has 7 nitrogen and oxygen atoms in total. The molecule has 7 heteroatoms. The number of ether oxygens (including phenoxy) is 4. The third kappa shape index (κ3) is 4.13. The molecular formula is C26H23N3O4. The molecule has 3 aromatic carbocycles. The second-order valence-corrected chi connectivity index (χ2v) is 7.59. The molecule has 0 saturated heterocycles. The maximum Gasteiger partial charge on any atom is 0.244 e. The molecule has 0 fully saturated rings. The van der Waals surface area contributed by atoms with Gasteiger partial charge in [-0.3, -0.25) is 0 Å². The van der Waals surface area contributed by atoms with Crippen molar-refractivity contribution in [2.45, 2.75) is 12.7 Å². The lowest BCUT2D eigenvalue weighted by molar-refractivity contribution is -0.0137. The molecule has 0 amide bonds. The molecule has 1 unspecified atom stereocenters. The van der Waals surface area contributed by atoms with E-state index in [0.717, 1.165) is 27.6 Å². The van der Waals surface area contributed by atoms with Crippen LogP contribution < -0.4 is 15.2 Å². The molecule has 0 bridgehead atoms. The van der Waals surface area contributed by atoms with E-state index in [4.69, 9.17) is 24.7 Å². The van der Waals surface area contributed by atoms with Crippen LogP contribution in [0.4, 0.5) is 5.95 Å². The van der Waals surface area contributed by atoms with Crippen LogP contribution >= 0.6 is 0 Å². The fraction of sp³-hybridized carbons (Fsp3) is 0.154. The zero-order chi connectivity index (χ0) is 22.8. The number of nitrogens with two attached hydrogens (primary N) is 1. The van der Waals surface area contributed by atoms with Gasteiger partial charge < -0.3 is 24.7 Å². The van der Waals surface area contributed by atoms with Crippen LogP contribution in [0.1, 0.15) is 11.3 Å². The third-order valence-electron chi connectivity index (χ3n) is 5.49. The number of hydrogen-bond donors (Lipinski definition) is 1. The Hall–Kier alpha value is -4.26. The molecule has 1 aliphatic heterocycles. The smallest absolute Gasteiger partial charge is 0.244 e. The van der Waals surface area contributed by atoms with Crippen molar-refractivity contribution in [3.8, 4) is 22.6 Å². The average Bonchev–Trinajstić information content (AvgIpc) is 3.31. The zero-order valence-electron chi connectivity index (χ0n) is 18.3. The fourth-order valence-corrected chi connectivity index (χ4v) is 3.87. The summed E-state index contributed by atoms with van der Waals surface area (Å²) in [6.45, 7) is 0. The van der Waals surface area contributed by atoms with Crippen LogP contribution in [0.15, 0.2) is 73.0 Å². The van der Waals surface area contributed by atoms with Crippen molar-refractivity contribution in [3.63, 3.8) is 0 Å². The number of nitrogens with zero attached hydrogens (tertiary/aromatic N) is 2. The molecular weight excluding hydrogens is 418 g/mol. The number of benzene rings is 3. The fourth-order valence-electron chi connectivity index (χ4n) is 3.87. The van der Waals surface area contributed by atoms with Gasteiger partial charge in [-0.2, -0.15) is 0 Å². The van der Waals surface area contributed by atoms with Crippen LogP contribution in [0.25, 0.3) is 27.8 Å². The summed E-state index contributed by atoms with van der Waals surface area (Å²) in [6.07, 6.45) is 1.79. The normalized spacial score (nSPS) is 15.0. The summed E-state index contributed by atoms with van der Waals surface area (Å²) in [5.74, 6) is 2.03. The first-order valence-corrected chi connectivity index (χ1v) is 10.5. The van der Waals surface area contributed by atoms with E-state index in [-0.39, 0.29) is 5.95 Å². The van der Waals surface area contributed by atoms with E-state index in [0.29, 0.717) is 29.4 Å². The van der Waals surface area contributed by atoms with Crippen molar-refractivity contribution in [1.29, 1.82) is 0 Å². The molecule has 0 aliphatic carbocycles. The maximum atomic E-state index is 6.08. The molecule has 4 aromatic rings. The summed E-state index contributed by atoms with van der Waals surface area (Å²) in [6, 6.07) is 21.8. The van der Waals surface area contributed by atoms with Gasteiger partial charge in [0.05, 0.1) is 19.7 Å². The van der Waals surface area contributed by atoms with Crippen LogP contribution in [0, 0.1) is 0 Å². The summed E-state index contributed by atoms with van der Waals surface area (Å²) in [4.78, 5) is 8.86. The first-order chi connectivity index (χ1) is 16.1. The summed E-state index contributed by atoms with van der Waals surface area (Å²) >= 11 is 0. The Balaban J connectivity index is 1.49. The van der Waals surface area contributed by atoms with Crippen molar-refractivity contribution in [3.05, 3.63) is 84.2 Å². The Bertz CT molecular complexity index is 1340. The lowest BCUT2D eigenvalue weighted by atomic mass is 10.0. The molecule has 1 aliphatic rings. The first-order valence-electron chi connectivity index (χ1n) is 10.5. The van der Waals surface area contributed by atoms with Crippen molar-refractivity contribution in [1.82, 2.24) is 9.97 Å². The number of rotatable bonds is 6. The highest BCUT2D eigenvalue weighted by Gasteiger charge is 2.24. The Morgan fingerprint density at radius 3 is 2.42 bits per heavy atom. The topological polar surface area (TPSA) is 88.7 Å². The summed E-state index contributed by atoms with van der Waals surface area (Å²) in [7, 11) is 3.23. The number of hydrogen-bond acceptors (Lipinski definition) is 7. The lowest BCUT2D eigenvalue weighted by Crippen LogP contribution is -2.12. The number of methoxy groups -OCH3 is 2. The SMILES string of the molecule is COc1ccc(-c2ccc3nc(N)nc(C4=COC(Cc5ccccc5)O4)c3c2)cc1OC. The Kier molecular flexibility index (Phi) is 5.44. The van der Waals surface area contributed by atoms with Gasteiger partial charge in [0.25, 0.3) is 0 Å². The third-order valence-corrected chi connectivity index (χ3v) is 5.49. The number of aromatic nitrogens is 2. The molecule has 1 atom stereocenters. The largest absolute Gasteiger partial charge is 0.493 e. The molecule has 0 radical (unpaired) electrons. The van der Waals surface area contributed by atoms with E-state index in [1.807, 2.05) is 66.7 Å². The molecule has 166 valence electrons. The summed E-state index contributed by atoms with van der Waals surface area (Å²) < 4.78 is 22.7.